The van der Waals surface area contributed by atoms with Crippen LogP contribution < -0.4 is 25.0 Å². The summed E-state index contributed by atoms with van der Waals surface area (Å²) in [6.45, 7) is 2.57. The van der Waals surface area contributed by atoms with Gasteiger partial charge in [-0.05, 0) is 101 Å². The van der Waals surface area contributed by atoms with Crippen molar-refractivity contribution < 1.29 is 38.4 Å². The van der Waals surface area contributed by atoms with Crippen LogP contribution in [0.15, 0.2) is 152 Å². The third-order valence-corrected chi connectivity index (χ3v) is 13.1. The van der Waals surface area contributed by atoms with Gasteiger partial charge in [-0.3, -0.25) is 19.3 Å². The fraction of sp³-hybridized carbons (Fsp3) is 0.241. The molecule has 4 heterocycles. The molecule has 4 aliphatic heterocycles. The molecule has 0 bridgehead atoms. The molecule has 0 aromatic heterocycles. The van der Waals surface area contributed by atoms with Gasteiger partial charge in [-0.15, -0.1) is 0 Å². The number of morpholine rings is 2. The van der Waals surface area contributed by atoms with Gasteiger partial charge in [0.25, 0.3) is 0 Å². The van der Waals surface area contributed by atoms with Crippen LogP contribution in [0.3, 0.4) is 0 Å². The SMILES string of the molecule is COc1ccc(C#Cc2ccc3c(c2)C2(C(=O)N3)[C@H](c3cccc(OCCO)c3)N3C(C(=O)O[C@@H](c4ccccc4)[C@H]3c3ccccc3)[C@@H]2C(=O)Nc2ccc(N3CCOCC3)cc2)cc1. The van der Waals surface area contributed by atoms with Crippen molar-refractivity contribution in [2.24, 2.45) is 5.92 Å². The van der Waals surface area contributed by atoms with Gasteiger partial charge < -0.3 is 39.6 Å². The number of fused-ring (bicyclic) bond motifs is 3. The zero-order valence-electron chi connectivity index (χ0n) is 36.3. The van der Waals surface area contributed by atoms with Crippen molar-refractivity contribution in [1.82, 2.24) is 4.90 Å². The zero-order valence-corrected chi connectivity index (χ0v) is 36.3. The molecule has 6 aromatic carbocycles. The van der Waals surface area contributed by atoms with Gasteiger partial charge in [0.1, 0.15) is 35.7 Å². The predicted molar refractivity (Wildman–Crippen MR) is 249 cm³/mol. The van der Waals surface area contributed by atoms with E-state index in [1.807, 2.05) is 150 Å². The number of methoxy groups -OCH3 is 1. The van der Waals surface area contributed by atoms with E-state index in [0.717, 1.165) is 35.5 Å². The number of nitrogens with one attached hydrogen (secondary N) is 2. The van der Waals surface area contributed by atoms with Crippen molar-refractivity contribution >= 4 is 34.8 Å². The highest BCUT2D eigenvalue weighted by Gasteiger charge is 2.74. The van der Waals surface area contributed by atoms with E-state index >= 15 is 14.4 Å². The number of carbonyl (C=O) groups is 3. The summed E-state index contributed by atoms with van der Waals surface area (Å²) in [4.78, 5) is 50.9. The molecular weight excluding hydrogens is 833 g/mol. The highest BCUT2D eigenvalue weighted by molar-refractivity contribution is 6.13. The largest absolute Gasteiger partial charge is 0.497 e. The van der Waals surface area contributed by atoms with Gasteiger partial charge in [-0.25, -0.2) is 0 Å². The molecule has 0 saturated carbocycles. The summed E-state index contributed by atoms with van der Waals surface area (Å²) in [6, 6.07) is 44.3. The summed E-state index contributed by atoms with van der Waals surface area (Å²) in [5.41, 5.74) is 4.34. The molecule has 6 atom stereocenters. The number of aliphatic hydroxyl groups is 1. The predicted octanol–water partition coefficient (Wildman–Crippen LogP) is 7.21. The fourth-order valence-electron chi connectivity index (χ4n) is 10.2. The van der Waals surface area contributed by atoms with Crippen molar-refractivity contribution in [3.8, 4) is 23.3 Å². The second-order valence-corrected chi connectivity index (χ2v) is 16.7. The van der Waals surface area contributed by atoms with Crippen LogP contribution in [-0.4, -0.2) is 80.5 Å². The van der Waals surface area contributed by atoms with Crippen LogP contribution in [0.5, 0.6) is 11.5 Å². The Bertz CT molecular complexity index is 2810. The average molecular weight is 881 g/mol. The first-order valence-electron chi connectivity index (χ1n) is 22.1. The van der Waals surface area contributed by atoms with E-state index in [1.54, 1.807) is 13.2 Å². The number of hydrogen-bond acceptors (Lipinski definition) is 10. The van der Waals surface area contributed by atoms with E-state index in [1.165, 1.54) is 0 Å². The Morgan fingerprint density at radius 1 is 0.773 bits per heavy atom. The Kier molecular flexibility index (Phi) is 11.7. The van der Waals surface area contributed by atoms with Crippen molar-refractivity contribution in [2.75, 3.05) is 62.2 Å². The molecule has 12 heteroatoms. The van der Waals surface area contributed by atoms with Gasteiger partial charge >= 0.3 is 5.97 Å². The van der Waals surface area contributed by atoms with E-state index in [0.29, 0.717) is 52.8 Å². The quantitative estimate of drug-likeness (QED) is 0.0956. The Morgan fingerprint density at radius 2 is 1.45 bits per heavy atom. The smallest absolute Gasteiger partial charge is 0.324 e. The van der Waals surface area contributed by atoms with E-state index in [-0.39, 0.29) is 13.2 Å². The molecule has 4 aliphatic rings. The maximum absolute atomic E-state index is 15.7. The van der Waals surface area contributed by atoms with Gasteiger partial charge in [0.15, 0.2) is 0 Å². The van der Waals surface area contributed by atoms with E-state index in [4.69, 9.17) is 18.9 Å². The maximum Gasteiger partial charge on any atom is 0.324 e. The lowest BCUT2D eigenvalue weighted by Gasteiger charge is -2.46. The number of aliphatic hydroxyl groups excluding tert-OH is 1. The molecule has 2 amide bonds. The number of esters is 1. The number of anilines is 3. The number of carbonyl (C=O) groups excluding carboxylic acids is 3. The summed E-state index contributed by atoms with van der Waals surface area (Å²) in [5.74, 6) is 4.75. The number of rotatable bonds is 10. The molecule has 2 unspecified atom stereocenters. The fourth-order valence-corrected chi connectivity index (χ4v) is 10.2. The average Bonchev–Trinajstić information content (AvgIpc) is 3.85. The Balaban J connectivity index is 1.19. The van der Waals surface area contributed by atoms with Crippen LogP contribution >= 0.6 is 0 Å². The van der Waals surface area contributed by atoms with Gasteiger partial charge in [0.2, 0.25) is 11.8 Å². The van der Waals surface area contributed by atoms with Gasteiger partial charge in [-0.2, -0.15) is 0 Å². The highest BCUT2D eigenvalue weighted by atomic mass is 16.6. The first-order chi connectivity index (χ1) is 32.4. The lowest BCUT2D eigenvalue weighted by atomic mass is 9.65. The molecule has 0 radical (unpaired) electrons. The van der Waals surface area contributed by atoms with Crippen LogP contribution in [0.25, 0.3) is 0 Å². The summed E-state index contributed by atoms with van der Waals surface area (Å²) >= 11 is 0. The number of cyclic esters (lactones) is 1. The summed E-state index contributed by atoms with van der Waals surface area (Å²) in [5, 5.41) is 16.1. The highest BCUT2D eigenvalue weighted by Crippen LogP contribution is 2.65. The summed E-state index contributed by atoms with van der Waals surface area (Å²) in [7, 11) is 1.61. The van der Waals surface area contributed by atoms with Gasteiger partial charge in [0.05, 0.1) is 44.9 Å². The second-order valence-electron chi connectivity index (χ2n) is 16.7. The maximum atomic E-state index is 15.7. The van der Waals surface area contributed by atoms with Crippen molar-refractivity contribution in [1.29, 1.82) is 0 Å². The molecule has 3 fully saturated rings. The molecule has 10 rings (SSSR count). The van der Waals surface area contributed by atoms with Crippen LogP contribution in [-0.2, 0) is 29.3 Å². The van der Waals surface area contributed by atoms with Crippen molar-refractivity contribution in [2.45, 2.75) is 29.6 Å². The molecule has 3 N–H and O–H groups in total. The Labute approximate surface area is 383 Å². The molecule has 3 saturated heterocycles. The molecule has 332 valence electrons. The third-order valence-electron chi connectivity index (χ3n) is 13.1. The molecule has 1 spiro atoms. The van der Waals surface area contributed by atoms with E-state index in [9.17, 15) is 5.11 Å². The van der Waals surface area contributed by atoms with Crippen LogP contribution in [0, 0.1) is 17.8 Å². The van der Waals surface area contributed by atoms with Gasteiger partial charge in [0, 0.05) is 41.3 Å². The molecule has 6 aromatic rings. The zero-order chi connectivity index (χ0) is 45.2. The van der Waals surface area contributed by atoms with Crippen molar-refractivity contribution in [3.63, 3.8) is 0 Å². The standard InChI is InChI=1S/C54H48N4O8/c1-63-42-24-17-35(18-25-42)15-16-36-19-26-45-44(33-36)54(53(62)56-45)46(51(60)55-40-20-22-41(23-21-40)57-27-30-64-31-28-57)48-52(61)66-49(38-11-6-3-7-12-38)47(37-9-4-2-5-10-37)58(48)50(54)39-13-8-14-43(34-39)65-32-29-59/h2-14,17-26,33-34,46-50,59H,27-32H2,1H3,(H,55,60)(H,56,62)/t46-,47-,48?,49+,50+,54?/m1/s1. The first-order valence-corrected chi connectivity index (χ1v) is 22.1. The first kappa shape index (κ1) is 42.5. The topological polar surface area (TPSA) is 139 Å². The van der Waals surface area contributed by atoms with Crippen LogP contribution in [0.2, 0.25) is 0 Å². The minimum Gasteiger partial charge on any atom is -0.497 e. The van der Waals surface area contributed by atoms with E-state index in [2.05, 4.69) is 27.4 Å². The number of hydrogen-bond donors (Lipinski definition) is 3. The minimum absolute atomic E-state index is 0.0373. The van der Waals surface area contributed by atoms with Crippen LogP contribution in [0.4, 0.5) is 17.1 Å². The number of benzene rings is 6. The number of nitrogens with zero attached hydrogens (tertiary/aromatic N) is 2. The molecule has 0 aliphatic carbocycles. The van der Waals surface area contributed by atoms with Crippen LogP contribution in [0.1, 0.15) is 51.6 Å². The monoisotopic (exact) mass is 880 g/mol. The normalized spacial score (nSPS) is 23.2. The molecule has 12 nitrogen and oxygen atoms in total. The lowest BCUT2D eigenvalue weighted by molar-refractivity contribution is -0.177. The lowest BCUT2D eigenvalue weighted by Crippen LogP contribution is -2.53. The third kappa shape index (κ3) is 7.71. The number of amides is 2. The Morgan fingerprint density at radius 3 is 2.17 bits per heavy atom. The number of ether oxygens (including phenoxy) is 4. The summed E-state index contributed by atoms with van der Waals surface area (Å²) in [6.07, 6.45) is -0.828. The second kappa shape index (κ2) is 18.2. The minimum atomic E-state index is -1.75. The molecular formula is C54H48N4O8. The molecule has 66 heavy (non-hydrogen) atoms. The van der Waals surface area contributed by atoms with Crippen molar-refractivity contribution in [3.05, 3.63) is 185 Å². The van der Waals surface area contributed by atoms with Gasteiger partial charge in [-0.1, -0.05) is 84.6 Å². The van der Waals surface area contributed by atoms with E-state index < -0.39 is 53.3 Å². The Hall–Kier alpha value is -7.43. The summed E-state index contributed by atoms with van der Waals surface area (Å²) < 4.78 is 23.5.